The summed E-state index contributed by atoms with van der Waals surface area (Å²) in [6.45, 7) is 10.6. The molecule has 4 nitrogen and oxygen atoms in total. The molecule has 0 spiro atoms. The lowest BCUT2D eigenvalue weighted by Gasteiger charge is -2.14. The van der Waals surface area contributed by atoms with Crippen LogP contribution in [0.25, 0.3) is 11.0 Å². The van der Waals surface area contributed by atoms with Crippen LogP contribution in [-0.2, 0) is 6.54 Å². The highest BCUT2D eigenvalue weighted by molar-refractivity contribution is 5.74. The van der Waals surface area contributed by atoms with E-state index in [-0.39, 0.29) is 0 Å². The number of fused-ring (bicyclic) bond motifs is 1. The molecular formula is C14H22N4. The molecule has 0 unspecified atom stereocenters. The minimum absolute atomic E-state index is 0.410. The first-order valence-electron chi connectivity index (χ1n) is 6.61. The standard InChI is InChI=1S/C14H22N4/c1-10(2)7-16-9-14-17-12-8-15-6-5-13(12)18(14)11(3)4/h5-6,8,10-11,16H,7,9H2,1-4H3. The van der Waals surface area contributed by atoms with Gasteiger partial charge in [0.25, 0.3) is 0 Å². The van der Waals surface area contributed by atoms with Crippen molar-refractivity contribution in [1.29, 1.82) is 0 Å². The van der Waals surface area contributed by atoms with Crippen molar-refractivity contribution in [2.45, 2.75) is 40.3 Å². The molecule has 0 radical (unpaired) electrons. The van der Waals surface area contributed by atoms with Gasteiger partial charge >= 0.3 is 0 Å². The summed E-state index contributed by atoms with van der Waals surface area (Å²) in [5.41, 5.74) is 2.15. The number of aromatic nitrogens is 3. The van der Waals surface area contributed by atoms with E-state index in [4.69, 9.17) is 0 Å². The Kier molecular flexibility index (Phi) is 3.97. The second-order valence-electron chi connectivity index (χ2n) is 5.38. The third-order valence-electron chi connectivity index (χ3n) is 2.92. The van der Waals surface area contributed by atoms with Gasteiger partial charge in [0.1, 0.15) is 11.3 Å². The van der Waals surface area contributed by atoms with Crippen LogP contribution in [0.1, 0.15) is 39.6 Å². The van der Waals surface area contributed by atoms with Crippen LogP contribution in [0.15, 0.2) is 18.5 Å². The zero-order valence-electron chi connectivity index (χ0n) is 11.6. The lowest BCUT2D eigenvalue weighted by atomic mass is 10.2. The van der Waals surface area contributed by atoms with Crippen LogP contribution < -0.4 is 5.32 Å². The van der Waals surface area contributed by atoms with Gasteiger partial charge in [0, 0.05) is 12.2 Å². The normalized spacial score (nSPS) is 11.9. The molecule has 2 aromatic heterocycles. The van der Waals surface area contributed by atoms with E-state index in [1.165, 1.54) is 5.52 Å². The molecule has 0 aliphatic rings. The van der Waals surface area contributed by atoms with Crippen molar-refractivity contribution >= 4 is 11.0 Å². The average molecular weight is 246 g/mol. The summed E-state index contributed by atoms with van der Waals surface area (Å²) in [4.78, 5) is 8.81. The minimum atomic E-state index is 0.410. The zero-order valence-corrected chi connectivity index (χ0v) is 11.6. The van der Waals surface area contributed by atoms with Gasteiger partial charge in [-0.15, -0.1) is 0 Å². The summed E-state index contributed by atoms with van der Waals surface area (Å²) in [5, 5.41) is 3.45. The summed E-state index contributed by atoms with van der Waals surface area (Å²) in [5.74, 6) is 1.75. The Bertz CT molecular complexity index is 513. The van der Waals surface area contributed by atoms with E-state index in [1.54, 1.807) is 0 Å². The van der Waals surface area contributed by atoms with E-state index < -0.39 is 0 Å². The molecule has 0 amide bonds. The Morgan fingerprint density at radius 3 is 2.72 bits per heavy atom. The quantitative estimate of drug-likeness (QED) is 0.882. The maximum absolute atomic E-state index is 4.67. The predicted molar refractivity (Wildman–Crippen MR) is 74.5 cm³/mol. The largest absolute Gasteiger partial charge is 0.324 e. The molecule has 0 aliphatic heterocycles. The predicted octanol–water partition coefficient (Wildman–Crippen LogP) is 2.76. The third-order valence-corrected chi connectivity index (χ3v) is 2.92. The lowest BCUT2D eigenvalue weighted by molar-refractivity contribution is 0.514. The smallest absolute Gasteiger partial charge is 0.124 e. The molecule has 2 rings (SSSR count). The molecule has 0 atom stereocenters. The van der Waals surface area contributed by atoms with Gasteiger partial charge in [-0.3, -0.25) is 4.98 Å². The van der Waals surface area contributed by atoms with E-state index in [9.17, 15) is 0 Å². The van der Waals surface area contributed by atoms with Crippen LogP contribution >= 0.6 is 0 Å². The Morgan fingerprint density at radius 2 is 2.06 bits per heavy atom. The second kappa shape index (κ2) is 5.48. The molecule has 1 N–H and O–H groups in total. The zero-order chi connectivity index (χ0) is 13.1. The van der Waals surface area contributed by atoms with Gasteiger partial charge in [-0.1, -0.05) is 13.8 Å². The fourth-order valence-electron chi connectivity index (χ4n) is 2.17. The van der Waals surface area contributed by atoms with Crippen molar-refractivity contribution in [2.75, 3.05) is 6.54 Å². The first-order chi connectivity index (χ1) is 8.59. The molecule has 4 heteroatoms. The van der Waals surface area contributed by atoms with Crippen LogP contribution in [-0.4, -0.2) is 21.1 Å². The van der Waals surface area contributed by atoms with Crippen LogP contribution in [0.2, 0.25) is 0 Å². The molecule has 0 saturated carbocycles. The van der Waals surface area contributed by atoms with Crippen molar-refractivity contribution in [2.24, 2.45) is 5.92 Å². The van der Waals surface area contributed by atoms with E-state index in [0.29, 0.717) is 12.0 Å². The first kappa shape index (κ1) is 13.0. The number of imidazole rings is 1. The second-order valence-corrected chi connectivity index (χ2v) is 5.38. The highest BCUT2D eigenvalue weighted by Gasteiger charge is 2.12. The monoisotopic (exact) mass is 246 g/mol. The number of hydrogen-bond acceptors (Lipinski definition) is 3. The van der Waals surface area contributed by atoms with E-state index in [0.717, 1.165) is 24.4 Å². The van der Waals surface area contributed by atoms with Gasteiger partial charge in [-0.25, -0.2) is 4.98 Å². The van der Waals surface area contributed by atoms with Gasteiger partial charge in [-0.05, 0) is 32.4 Å². The van der Waals surface area contributed by atoms with E-state index in [1.807, 2.05) is 18.5 Å². The van der Waals surface area contributed by atoms with Crippen LogP contribution in [0.4, 0.5) is 0 Å². The highest BCUT2D eigenvalue weighted by Crippen LogP contribution is 2.19. The minimum Gasteiger partial charge on any atom is -0.324 e. The summed E-state index contributed by atoms with van der Waals surface area (Å²) >= 11 is 0. The van der Waals surface area contributed by atoms with Crippen LogP contribution in [0.5, 0.6) is 0 Å². The summed E-state index contributed by atoms with van der Waals surface area (Å²) < 4.78 is 2.28. The topological polar surface area (TPSA) is 42.7 Å². The fraction of sp³-hybridized carbons (Fsp3) is 0.571. The number of nitrogens with one attached hydrogen (secondary N) is 1. The molecule has 0 aliphatic carbocycles. The maximum Gasteiger partial charge on any atom is 0.124 e. The Hall–Kier alpha value is -1.42. The van der Waals surface area contributed by atoms with Gasteiger partial charge in [-0.2, -0.15) is 0 Å². The van der Waals surface area contributed by atoms with E-state index in [2.05, 4.69) is 47.5 Å². The number of nitrogens with zero attached hydrogens (tertiary/aromatic N) is 3. The first-order valence-corrected chi connectivity index (χ1v) is 6.61. The molecule has 2 aromatic rings. The maximum atomic E-state index is 4.67. The summed E-state index contributed by atoms with van der Waals surface area (Å²) in [7, 11) is 0. The summed E-state index contributed by atoms with van der Waals surface area (Å²) in [6.07, 6.45) is 3.66. The molecule has 0 aromatic carbocycles. The van der Waals surface area contributed by atoms with Gasteiger partial charge in [0.05, 0.1) is 18.3 Å². The Labute approximate surface area is 108 Å². The summed E-state index contributed by atoms with van der Waals surface area (Å²) in [6, 6.07) is 2.45. The van der Waals surface area contributed by atoms with Crippen molar-refractivity contribution in [3.8, 4) is 0 Å². The van der Waals surface area contributed by atoms with Gasteiger partial charge < -0.3 is 9.88 Å². The Balaban J connectivity index is 2.28. The molecule has 18 heavy (non-hydrogen) atoms. The van der Waals surface area contributed by atoms with Gasteiger partial charge in [0.15, 0.2) is 0 Å². The fourth-order valence-corrected chi connectivity index (χ4v) is 2.17. The van der Waals surface area contributed by atoms with Gasteiger partial charge in [0.2, 0.25) is 0 Å². The molecule has 98 valence electrons. The molecular weight excluding hydrogens is 224 g/mol. The SMILES string of the molecule is CC(C)CNCc1nc2cnccc2n1C(C)C. The van der Waals surface area contributed by atoms with Crippen LogP contribution in [0, 0.1) is 5.92 Å². The number of rotatable bonds is 5. The number of pyridine rings is 1. The molecule has 0 bridgehead atoms. The Morgan fingerprint density at radius 1 is 1.28 bits per heavy atom. The lowest BCUT2D eigenvalue weighted by Crippen LogP contribution is -2.22. The highest BCUT2D eigenvalue weighted by atomic mass is 15.1. The van der Waals surface area contributed by atoms with Crippen molar-refractivity contribution in [3.63, 3.8) is 0 Å². The third kappa shape index (κ3) is 2.70. The van der Waals surface area contributed by atoms with Crippen LogP contribution in [0.3, 0.4) is 0 Å². The molecule has 0 fully saturated rings. The van der Waals surface area contributed by atoms with Crippen molar-refractivity contribution in [1.82, 2.24) is 19.9 Å². The van der Waals surface area contributed by atoms with Crippen molar-refractivity contribution < 1.29 is 0 Å². The molecule has 2 heterocycles. The van der Waals surface area contributed by atoms with E-state index >= 15 is 0 Å². The van der Waals surface area contributed by atoms with Crippen molar-refractivity contribution in [3.05, 3.63) is 24.3 Å². The number of hydrogen-bond donors (Lipinski definition) is 1. The molecule has 0 saturated heterocycles. The average Bonchev–Trinajstić information content (AvgIpc) is 2.66.